The van der Waals surface area contributed by atoms with Crippen LogP contribution in [0.25, 0.3) is 0 Å². The Kier molecular flexibility index (Phi) is 4.75. The third-order valence-electron chi connectivity index (χ3n) is 2.77. The van der Waals surface area contributed by atoms with Crippen molar-refractivity contribution in [3.63, 3.8) is 0 Å². The monoisotopic (exact) mass is 319 g/mol. The highest BCUT2D eigenvalue weighted by Crippen LogP contribution is 2.26. The number of benzene rings is 1. The van der Waals surface area contributed by atoms with Crippen LogP contribution in [-0.4, -0.2) is 20.7 Å². The lowest BCUT2D eigenvalue weighted by Crippen LogP contribution is -2.26. The first-order valence-electron chi connectivity index (χ1n) is 5.46. The van der Waals surface area contributed by atoms with Crippen molar-refractivity contribution >= 4 is 25.8 Å². The van der Waals surface area contributed by atoms with Crippen LogP contribution < -0.4 is 5.73 Å². The first-order valence-corrected chi connectivity index (χ1v) is 7.90. The number of nitrogens with two attached hydrogens (primary N) is 1. The van der Waals surface area contributed by atoms with Crippen LogP contribution in [0.2, 0.25) is 0 Å². The van der Waals surface area contributed by atoms with E-state index in [1.807, 2.05) is 13.8 Å². The summed E-state index contributed by atoms with van der Waals surface area (Å²) >= 11 is 3.27. The van der Waals surface area contributed by atoms with Crippen LogP contribution in [0.15, 0.2) is 33.6 Å². The summed E-state index contributed by atoms with van der Waals surface area (Å²) in [4.78, 5) is 0.354. The van der Waals surface area contributed by atoms with Crippen molar-refractivity contribution in [1.29, 1.82) is 0 Å². The lowest BCUT2D eigenvalue weighted by atomic mass is 9.91. The van der Waals surface area contributed by atoms with Gasteiger partial charge in [0.15, 0.2) is 9.84 Å². The molecule has 1 rings (SSSR count). The van der Waals surface area contributed by atoms with E-state index in [4.69, 9.17) is 5.73 Å². The van der Waals surface area contributed by atoms with E-state index < -0.39 is 9.84 Å². The Morgan fingerprint density at radius 3 is 2.41 bits per heavy atom. The molecule has 5 heteroatoms. The van der Waals surface area contributed by atoms with Crippen molar-refractivity contribution in [2.45, 2.75) is 25.2 Å². The van der Waals surface area contributed by atoms with E-state index in [1.54, 1.807) is 24.3 Å². The zero-order valence-corrected chi connectivity index (χ0v) is 12.5. The molecule has 0 aliphatic heterocycles. The number of sulfone groups is 1. The Balaban J connectivity index is 2.88. The second kappa shape index (κ2) is 5.50. The first kappa shape index (κ1) is 14.7. The Morgan fingerprint density at radius 2 is 1.88 bits per heavy atom. The molecule has 1 aromatic rings. The largest absolute Gasteiger partial charge is 0.330 e. The fourth-order valence-corrected chi connectivity index (χ4v) is 4.04. The predicted molar refractivity (Wildman–Crippen MR) is 73.6 cm³/mol. The van der Waals surface area contributed by atoms with Gasteiger partial charge in [-0.25, -0.2) is 8.42 Å². The molecule has 0 radical (unpaired) electrons. The number of halogens is 1. The minimum absolute atomic E-state index is 0.125. The normalized spacial score (nSPS) is 12.7. The quantitative estimate of drug-likeness (QED) is 0.907. The van der Waals surface area contributed by atoms with Crippen LogP contribution in [0, 0.1) is 5.41 Å². The van der Waals surface area contributed by atoms with Crippen LogP contribution in [0.4, 0.5) is 0 Å². The molecule has 0 atom stereocenters. The Bertz CT molecular complexity index is 483. The second-order valence-electron chi connectivity index (χ2n) is 4.87. The molecule has 0 unspecified atom stereocenters. The van der Waals surface area contributed by atoms with Gasteiger partial charge in [0.1, 0.15) is 0 Å². The summed E-state index contributed by atoms with van der Waals surface area (Å²) in [5.41, 5.74) is 5.46. The number of rotatable bonds is 5. The van der Waals surface area contributed by atoms with Gasteiger partial charge in [0.2, 0.25) is 0 Å². The first-order chi connectivity index (χ1) is 7.78. The maximum Gasteiger partial charge on any atom is 0.179 e. The molecule has 17 heavy (non-hydrogen) atoms. The van der Waals surface area contributed by atoms with Gasteiger partial charge in [0, 0.05) is 4.47 Å². The van der Waals surface area contributed by atoms with Crippen LogP contribution in [-0.2, 0) is 9.84 Å². The van der Waals surface area contributed by atoms with Gasteiger partial charge >= 0.3 is 0 Å². The summed E-state index contributed by atoms with van der Waals surface area (Å²) in [6.45, 7) is 4.43. The fourth-order valence-electron chi connectivity index (χ4n) is 1.32. The smallest absolute Gasteiger partial charge is 0.179 e. The number of hydrogen-bond donors (Lipinski definition) is 1. The summed E-state index contributed by atoms with van der Waals surface area (Å²) < 4.78 is 24.9. The molecule has 0 aromatic heterocycles. The third kappa shape index (κ3) is 4.08. The third-order valence-corrected chi connectivity index (χ3v) is 5.49. The van der Waals surface area contributed by atoms with Crippen LogP contribution in [0.5, 0.6) is 0 Å². The maximum atomic E-state index is 12.1. The topological polar surface area (TPSA) is 60.2 Å². The van der Waals surface area contributed by atoms with E-state index in [0.29, 0.717) is 22.3 Å². The summed E-state index contributed by atoms with van der Waals surface area (Å²) in [6.07, 6.45) is 0.563. The van der Waals surface area contributed by atoms with Crippen molar-refractivity contribution in [3.05, 3.63) is 28.7 Å². The van der Waals surface area contributed by atoms with Crippen LogP contribution in [0.3, 0.4) is 0 Å². The summed E-state index contributed by atoms with van der Waals surface area (Å²) in [5.74, 6) is 0.125. The van der Waals surface area contributed by atoms with Gasteiger partial charge in [-0.3, -0.25) is 0 Å². The van der Waals surface area contributed by atoms with Gasteiger partial charge < -0.3 is 5.73 Å². The van der Waals surface area contributed by atoms with Gasteiger partial charge in [0.25, 0.3) is 0 Å². The van der Waals surface area contributed by atoms with Gasteiger partial charge in [0.05, 0.1) is 10.6 Å². The van der Waals surface area contributed by atoms with E-state index in [1.165, 1.54) is 0 Å². The van der Waals surface area contributed by atoms with Gasteiger partial charge in [-0.15, -0.1) is 0 Å². The van der Waals surface area contributed by atoms with E-state index >= 15 is 0 Å². The van der Waals surface area contributed by atoms with Gasteiger partial charge in [-0.1, -0.05) is 26.0 Å². The Morgan fingerprint density at radius 1 is 1.29 bits per heavy atom. The molecular weight excluding hydrogens is 302 g/mol. The average molecular weight is 320 g/mol. The molecule has 1 aromatic carbocycles. The summed E-state index contributed by atoms with van der Waals surface area (Å²) in [5, 5.41) is 0. The molecule has 0 bridgehead atoms. The molecule has 2 N–H and O–H groups in total. The van der Waals surface area contributed by atoms with Crippen molar-refractivity contribution in [1.82, 2.24) is 0 Å². The molecule has 96 valence electrons. The molecule has 0 aliphatic carbocycles. The lowest BCUT2D eigenvalue weighted by molar-refractivity contribution is 0.365. The molecule has 0 spiro atoms. The van der Waals surface area contributed by atoms with E-state index in [0.717, 1.165) is 0 Å². The minimum atomic E-state index is -3.24. The maximum absolute atomic E-state index is 12.1. The van der Waals surface area contributed by atoms with E-state index in [-0.39, 0.29) is 11.2 Å². The van der Waals surface area contributed by atoms with Crippen molar-refractivity contribution in [3.8, 4) is 0 Å². The van der Waals surface area contributed by atoms with Gasteiger partial charge in [-0.2, -0.15) is 0 Å². The van der Waals surface area contributed by atoms with Crippen molar-refractivity contribution < 1.29 is 8.42 Å². The van der Waals surface area contributed by atoms with E-state index in [9.17, 15) is 8.42 Å². The van der Waals surface area contributed by atoms with Crippen molar-refractivity contribution in [2.24, 2.45) is 11.1 Å². The standard InChI is InChI=1S/C12H18BrNO2S/c1-12(2,9-14)7-8-17(15,16)11-6-4-3-5-10(11)13/h3-6H,7-9,14H2,1-2H3. The summed E-state index contributed by atoms with van der Waals surface area (Å²) in [7, 11) is -3.24. The SMILES string of the molecule is CC(C)(CN)CCS(=O)(=O)c1ccccc1Br. The molecule has 0 heterocycles. The molecular formula is C12H18BrNO2S. The lowest BCUT2D eigenvalue weighted by Gasteiger charge is -2.21. The molecule has 0 saturated heterocycles. The molecule has 0 aliphatic rings. The Labute approximate surface area is 111 Å². The zero-order chi connectivity index (χ0) is 13.1. The minimum Gasteiger partial charge on any atom is -0.330 e. The van der Waals surface area contributed by atoms with E-state index in [2.05, 4.69) is 15.9 Å². The molecule has 0 fully saturated rings. The predicted octanol–water partition coefficient (Wildman–Crippen LogP) is 2.60. The second-order valence-corrected chi connectivity index (χ2v) is 7.80. The molecule has 0 saturated carbocycles. The Hall–Kier alpha value is -0.390. The van der Waals surface area contributed by atoms with Crippen LogP contribution in [0.1, 0.15) is 20.3 Å². The highest BCUT2D eigenvalue weighted by molar-refractivity contribution is 9.10. The fraction of sp³-hybridized carbons (Fsp3) is 0.500. The molecule has 0 amide bonds. The highest BCUT2D eigenvalue weighted by atomic mass is 79.9. The van der Waals surface area contributed by atoms with Crippen molar-refractivity contribution in [2.75, 3.05) is 12.3 Å². The van der Waals surface area contributed by atoms with Crippen LogP contribution >= 0.6 is 15.9 Å². The highest BCUT2D eigenvalue weighted by Gasteiger charge is 2.23. The number of hydrogen-bond acceptors (Lipinski definition) is 3. The summed E-state index contributed by atoms with van der Waals surface area (Å²) in [6, 6.07) is 6.88. The molecule has 3 nitrogen and oxygen atoms in total. The zero-order valence-electron chi connectivity index (χ0n) is 10.1. The van der Waals surface area contributed by atoms with Gasteiger partial charge in [-0.05, 0) is 46.4 Å². The average Bonchev–Trinajstić information content (AvgIpc) is 2.27.